The summed E-state index contributed by atoms with van der Waals surface area (Å²) in [7, 11) is 2.17. The Balaban J connectivity index is 2.09. The van der Waals surface area contributed by atoms with Gasteiger partial charge in [-0.1, -0.05) is 0 Å². The first-order chi connectivity index (χ1) is 5.77. The Bertz CT molecular complexity index is 232. The van der Waals surface area contributed by atoms with Gasteiger partial charge in [-0.05, 0) is 32.5 Å². The lowest BCUT2D eigenvalue weighted by Gasteiger charge is -2.12. The molecule has 1 aliphatic heterocycles. The monoisotopic (exact) mass is 165 g/mol. The molecule has 0 aliphatic carbocycles. The van der Waals surface area contributed by atoms with Crippen LogP contribution in [-0.2, 0) is 0 Å². The van der Waals surface area contributed by atoms with Crippen LogP contribution in [0.25, 0.3) is 0 Å². The maximum atomic E-state index is 5.39. The van der Waals surface area contributed by atoms with Crippen LogP contribution in [-0.4, -0.2) is 24.5 Å². The quantitative estimate of drug-likeness (QED) is 0.633. The van der Waals surface area contributed by atoms with Crippen LogP contribution < -0.4 is 0 Å². The molecule has 1 aromatic rings. The normalized spacial score (nSPS) is 31.2. The molecule has 0 bridgehead atoms. The van der Waals surface area contributed by atoms with Crippen LogP contribution >= 0.6 is 0 Å². The molecule has 66 valence electrons. The molecule has 0 amide bonds. The average molecular weight is 165 g/mol. The minimum Gasteiger partial charge on any atom is -0.469 e. The van der Waals surface area contributed by atoms with Gasteiger partial charge in [0, 0.05) is 18.5 Å². The van der Waals surface area contributed by atoms with Crippen molar-refractivity contribution in [3.05, 3.63) is 24.2 Å². The Hall–Kier alpha value is -0.760. The SMILES string of the molecule is C[C@@H]1C[C@H](c2ccco2)CN1C. The van der Waals surface area contributed by atoms with Crippen LogP contribution in [0.5, 0.6) is 0 Å². The molecule has 1 fully saturated rings. The van der Waals surface area contributed by atoms with Crippen LogP contribution in [0.1, 0.15) is 25.0 Å². The summed E-state index contributed by atoms with van der Waals surface area (Å²) in [6.07, 6.45) is 2.99. The molecule has 2 heteroatoms. The fourth-order valence-corrected chi connectivity index (χ4v) is 1.92. The lowest BCUT2D eigenvalue weighted by Crippen LogP contribution is -2.21. The molecule has 2 nitrogen and oxygen atoms in total. The lowest BCUT2D eigenvalue weighted by molar-refractivity contribution is 0.327. The van der Waals surface area contributed by atoms with Gasteiger partial charge < -0.3 is 9.32 Å². The van der Waals surface area contributed by atoms with Gasteiger partial charge in [0.25, 0.3) is 0 Å². The summed E-state index contributed by atoms with van der Waals surface area (Å²) >= 11 is 0. The molecule has 2 rings (SSSR count). The van der Waals surface area contributed by atoms with Crippen molar-refractivity contribution in [2.45, 2.75) is 25.3 Å². The summed E-state index contributed by atoms with van der Waals surface area (Å²) in [6, 6.07) is 4.74. The summed E-state index contributed by atoms with van der Waals surface area (Å²) in [5.41, 5.74) is 0. The first-order valence-corrected chi connectivity index (χ1v) is 4.51. The van der Waals surface area contributed by atoms with Gasteiger partial charge in [-0.3, -0.25) is 0 Å². The molecular weight excluding hydrogens is 150 g/mol. The van der Waals surface area contributed by atoms with Crippen molar-refractivity contribution in [1.29, 1.82) is 0 Å². The Labute approximate surface area is 73.2 Å². The smallest absolute Gasteiger partial charge is 0.108 e. The second-order valence-electron chi connectivity index (χ2n) is 3.74. The zero-order valence-electron chi connectivity index (χ0n) is 7.66. The molecule has 0 spiro atoms. The summed E-state index contributed by atoms with van der Waals surface area (Å²) in [4.78, 5) is 2.38. The van der Waals surface area contributed by atoms with Gasteiger partial charge in [0.15, 0.2) is 0 Å². The summed E-state index contributed by atoms with van der Waals surface area (Å²) in [5, 5.41) is 0. The van der Waals surface area contributed by atoms with E-state index in [1.165, 1.54) is 6.42 Å². The Morgan fingerprint density at radius 1 is 1.58 bits per heavy atom. The van der Waals surface area contributed by atoms with Crippen molar-refractivity contribution in [1.82, 2.24) is 4.90 Å². The van der Waals surface area contributed by atoms with E-state index in [-0.39, 0.29) is 0 Å². The van der Waals surface area contributed by atoms with E-state index in [1.54, 1.807) is 6.26 Å². The highest BCUT2D eigenvalue weighted by Gasteiger charge is 2.28. The summed E-state index contributed by atoms with van der Waals surface area (Å²) in [5.74, 6) is 1.76. The van der Waals surface area contributed by atoms with Crippen molar-refractivity contribution >= 4 is 0 Å². The van der Waals surface area contributed by atoms with Gasteiger partial charge in [0.2, 0.25) is 0 Å². The Kier molecular flexibility index (Phi) is 1.93. The first kappa shape index (κ1) is 7.87. The number of rotatable bonds is 1. The predicted molar refractivity (Wildman–Crippen MR) is 48.2 cm³/mol. The van der Waals surface area contributed by atoms with E-state index < -0.39 is 0 Å². The van der Waals surface area contributed by atoms with E-state index in [4.69, 9.17) is 4.42 Å². The van der Waals surface area contributed by atoms with Gasteiger partial charge >= 0.3 is 0 Å². The predicted octanol–water partition coefficient (Wildman–Crippen LogP) is 2.09. The number of hydrogen-bond acceptors (Lipinski definition) is 2. The summed E-state index contributed by atoms with van der Waals surface area (Å²) in [6.45, 7) is 3.40. The van der Waals surface area contributed by atoms with E-state index >= 15 is 0 Å². The van der Waals surface area contributed by atoms with Crippen molar-refractivity contribution in [3.8, 4) is 0 Å². The molecular formula is C10H15NO. The van der Waals surface area contributed by atoms with E-state index in [2.05, 4.69) is 24.9 Å². The number of likely N-dealkylation sites (N-methyl/N-ethyl adjacent to an activating group) is 1. The second kappa shape index (κ2) is 2.94. The minimum atomic E-state index is 0.611. The average Bonchev–Trinajstić information content (AvgIpc) is 2.61. The largest absolute Gasteiger partial charge is 0.469 e. The Morgan fingerprint density at radius 3 is 2.92 bits per heavy atom. The molecule has 0 N–H and O–H groups in total. The molecule has 1 aliphatic rings. The van der Waals surface area contributed by atoms with Crippen molar-refractivity contribution in [3.63, 3.8) is 0 Å². The fraction of sp³-hybridized carbons (Fsp3) is 0.600. The van der Waals surface area contributed by atoms with Crippen LogP contribution in [0, 0.1) is 0 Å². The summed E-state index contributed by atoms with van der Waals surface area (Å²) < 4.78 is 5.39. The van der Waals surface area contributed by atoms with E-state index in [0.717, 1.165) is 12.3 Å². The lowest BCUT2D eigenvalue weighted by atomic mass is 10.0. The van der Waals surface area contributed by atoms with E-state index in [0.29, 0.717) is 12.0 Å². The van der Waals surface area contributed by atoms with Gasteiger partial charge in [-0.2, -0.15) is 0 Å². The van der Waals surface area contributed by atoms with Gasteiger partial charge in [-0.25, -0.2) is 0 Å². The molecule has 0 saturated carbocycles. The van der Waals surface area contributed by atoms with Gasteiger partial charge in [0.1, 0.15) is 5.76 Å². The molecule has 1 saturated heterocycles. The highest BCUT2D eigenvalue weighted by molar-refractivity contribution is 5.09. The van der Waals surface area contributed by atoms with Gasteiger partial charge in [0.05, 0.1) is 6.26 Å². The van der Waals surface area contributed by atoms with Gasteiger partial charge in [-0.15, -0.1) is 0 Å². The number of furan rings is 1. The number of nitrogens with zero attached hydrogens (tertiary/aromatic N) is 1. The second-order valence-corrected chi connectivity index (χ2v) is 3.74. The van der Waals surface area contributed by atoms with E-state index in [1.807, 2.05) is 6.07 Å². The number of hydrogen-bond donors (Lipinski definition) is 0. The fourth-order valence-electron chi connectivity index (χ4n) is 1.92. The number of likely N-dealkylation sites (tertiary alicyclic amines) is 1. The standard InChI is InChI=1S/C10H15NO/c1-8-6-9(7-11(8)2)10-4-3-5-12-10/h3-5,8-9H,6-7H2,1-2H3/t8-,9+/m1/s1. The molecule has 1 aromatic heterocycles. The maximum absolute atomic E-state index is 5.39. The highest BCUT2D eigenvalue weighted by atomic mass is 16.3. The topological polar surface area (TPSA) is 16.4 Å². The van der Waals surface area contributed by atoms with Crippen LogP contribution in [0.15, 0.2) is 22.8 Å². The van der Waals surface area contributed by atoms with Crippen LogP contribution in [0.3, 0.4) is 0 Å². The first-order valence-electron chi connectivity index (χ1n) is 4.51. The molecule has 0 radical (unpaired) electrons. The molecule has 12 heavy (non-hydrogen) atoms. The molecule has 2 atom stereocenters. The third kappa shape index (κ3) is 1.27. The zero-order valence-corrected chi connectivity index (χ0v) is 7.66. The highest BCUT2D eigenvalue weighted by Crippen LogP contribution is 2.30. The molecule has 0 unspecified atom stereocenters. The third-order valence-corrected chi connectivity index (χ3v) is 2.83. The van der Waals surface area contributed by atoms with Crippen molar-refractivity contribution < 1.29 is 4.42 Å². The van der Waals surface area contributed by atoms with Crippen LogP contribution in [0.4, 0.5) is 0 Å². The third-order valence-electron chi connectivity index (χ3n) is 2.83. The van der Waals surface area contributed by atoms with Crippen molar-refractivity contribution in [2.24, 2.45) is 0 Å². The Morgan fingerprint density at radius 2 is 2.42 bits per heavy atom. The molecule has 2 heterocycles. The molecule has 0 aromatic carbocycles. The van der Waals surface area contributed by atoms with E-state index in [9.17, 15) is 0 Å². The van der Waals surface area contributed by atoms with Crippen LogP contribution in [0.2, 0.25) is 0 Å². The maximum Gasteiger partial charge on any atom is 0.108 e. The van der Waals surface area contributed by atoms with Crippen molar-refractivity contribution in [2.75, 3.05) is 13.6 Å². The zero-order chi connectivity index (χ0) is 8.55. The minimum absolute atomic E-state index is 0.611.